The Labute approximate surface area is 174 Å². The number of hydrogen-bond donors (Lipinski definition) is 1. The second kappa shape index (κ2) is 7.54. The molecule has 0 unspecified atom stereocenters. The van der Waals surface area contributed by atoms with Crippen LogP contribution in [0.1, 0.15) is 5.56 Å². The van der Waals surface area contributed by atoms with E-state index in [1.807, 2.05) is 12.1 Å². The smallest absolute Gasteiger partial charge is 0.340 e. The Kier molecular flexibility index (Phi) is 5.06. The largest absolute Gasteiger partial charge is 0.416 e. The lowest BCUT2D eigenvalue weighted by Gasteiger charge is -2.13. The van der Waals surface area contributed by atoms with Crippen molar-refractivity contribution in [3.63, 3.8) is 0 Å². The average molecular weight is 434 g/mol. The standard InChI is InChI=1S/C21H12Cl2F3N3/c22-16-9-8-12(10-17(16)23)19-28-18-7-2-1-6-15(18)20(29-19)27-14-5-3-4-13(11-14)21(24,25)26/h1-11H,(H,27,28,29). The molecule has 1 heterocycles. The van der Waals surface area contributed by atoms with E-state index in [2.05, 4.69) is 15.3 Å². The van der Waals surface area contributed by atoms with Gasteiger partial charge in [-0.25, -0.2) is 9.97 Å². The molecule has 1 N–H and O–H groups in total. The van der Waals surface area contributed by atoms with Gasteiger partial charge in [0.05, 0.1) is 21.1 Å². The van der Waals surface area contributed by atoms with E-state index >= 15 is 0 Å². The first-order valence-corrected chi connectivity index (χ1v) is 9.23. The Morgan fingerprint density at radius 3 is 2.34 bits per heavy atom. The van der Waals surface area contributed by atoms with Crippen molar-refractivity contribution < 1.29 is 13.2 Å². The molecule has 1 aromatic heterocycles. The van der Waals surface area contributed by atoms with Gasteiger partial charge in [-0.1, -0.05) is 41.4 Å². The first kappa shape index (κ1) is 19.5. The summed E-state index contributed by atoms with van der Waals surface area (Å²) in [6, 6.07) is 17.2. The van der Waals surface area contributed by atoms with E-state index in [1.165, 1.54) is 6.07 Å². The lowest BCUT2D eigenvalue weighted by Crippen LogP contribution is -2.05. The zero-order chi connectivity index (χ0) is 20.6. The van der Waals surface area contributed by atoms with Crippen LogP contribution in [0.15, 0.2) is 66.7 Å². The number of halogens is 5. The van der Waals surface area contributed by atoms with Crippen LogP contribution in [0.3, 0.4) is 0 Å². The van der Waals surface area contributed by atoms with E-state index in [0.29, 0.717) is 38.2 Å². The summed E-state index contributed by atoms with van der Waals surface area (Å²) in [4.78, 5) is 9.07. The molecule has 0 bridgehead atoms. The Morgan fingerprint density at radius 1 is 0.793 bits per heavy atom. The number of fused-ring (bicyclic) bond motifs is 1. The summed E-state index contributed by atoms with van der Waals surface area (Å²) in [6.07, 6.45) is -4.43. The zero-order valence-electron chi connectivity index (χ0n) is 14.6. The third-order valence-corrected chi connectivity index (χ3v) is 4.97. The number of para-hydroxylation sites is 1. The molecule has 4 rings (SSSR count). The fourth-order valence-corrected chi connectivity index (χ4v) is 3.14. The molecule has 146 valence electrons. The Bertz CT molecular complexity index is 1210. The van der Waals surface area contributed by atoms with Crippen LogP contribution in [0, 0.1) is 0 Å². The van der Waals surface area contributed by atoms with E-state index in [1.54, 1.807) is 36.4 Å². The molecule has 0 amide bonds. The first-order valence-electron chi connectivity index (χ1n) is 8.48. The van der Waals surface area contributed by atoms with E-state index in [-0.39, 0.29) is 5.69 Å². The van der Waals surface area contributed by atoms with Crippen molar-refractivity contribution in [3.05, 3.63) is 82.3 Å². The lowest BCUT2D eigenvalue weighted by molar-refractivity contribution is -0.137. The summed E-state index contributed by atoms with van der Waals surface area (Å²) in [5.74, 6) is 0.757. The van der Waals surface area contributed by atoms with Gasteiger partial charge in [0.15, 0.2) is 5.82 Å². The van der Waals surface area contributed by atoms with Crippen LogP contribution >= 0.6 is 23.2 Å². The predicted octanol–water partition coefficient (Wildman–Crippen LogP) is 7.37. The second-order valence-corrected chi connectivity index (χ2v) is 7.06. The topological polar surface area (TPSA) is 37.8 Å². The molecule has 3 nitrogen and oxygen atoms in total. The third-order valence-electron chi connectivity index (χ3n) is 4.23. The van der Waals surface area contributed by atoms with Crippen LogP contribution < -0.4 is 5.32 Å². The van der Waals surface area contributed by atoms with Gasteiger partial charge in [-0.05, 0) is 48.5 Å². The van der Waals surface area contributed by atoms with E-state index in [4.69, 9.17) is 23.2 Å². The van der Waals surface area contributed by atoms with Crippen LogP contribution in [0.2, 0.25) is 10.0 Å². The molecule has 0 aliphatic heterocycles. The molecule has 4 aromatic rings. The number of hydrogen-bond acceptors (Lipinski definition) is 3. The average Bonchev–Trinajstić information content (AvgIpc) is 2.69. The van der Waals surface area contributed by atoms with Crippen LogP contribution in [-0.4, -0.2) is 9.97 Å². The van der Waals surface area contributed by atoms with Gasteiger partial charge < -0.3 is 5.32 Å². The minimum absolute atomic E-state index is 0.267. The normalized spacial score (nSPS) is 11.6. The third kappa shape index (κ3) is 4.13. The highest BCUT2D eigenvalue weighted by molar-refractivity contribution is 6.42. The highest BCUT2D eigenvalue weighted by Gasteiger charge is 2.30. The SMILES string of the molecule is FC(F)(F)c1cccc(Nc2nc(-c3ccc(Cl)c(Cl)c3)nc3ccccc23)c1. The Balaban J connectivity index is 1.82. The molecule has 0 saturated heterocycles. The van der Waals surface area contributed by atoms with Crippen LogP contribution in [0.5, 0.6) is 0 Å². The van der Waals surface area contributed by atoms with Crippen molar-refractivity contribution in [2.45, 2.75) is 6.18 Å². The summed E-state index contributed by atoms with van der Waals surface area (Å²) in [5, 5.41) is 4.42. The summed E-state index contributed by atoms with van der Waals surface area (Å²) in [6.45, 7) is 0. The van der Waals surface area contributed by atoms with E-state index < -0.39 is 11.7 Å². The molecule has 0 fully saturated rings. The molecular weight excluding hydrogens is 422 g/mol. The van der Waals surface area contributed by atoms with Crippen molar-refractivity contribution in [3.8, 4) is 11.4 Å². The lowest BCUT2D eigenvalue weighted by atomic mass is 10.1. The number of aromatic nitrogens is 2. The maximum atomic E-state index is 13.0. The molecule has 0 atom stereocenters. The van der Waals surface area contributed by atoms with Gasteiger partial charge in [-0.3, -0.25) is 0 Å². The summed E-state index contributed by atoms with van der Waals surface area (Å²) >= 11 is 12.1. The molecule has 29 heavy (non-hydrogen) atoms. The molecule has 0 aliphatic carbocycles. The monoisotopic (exact) mass is 433 g/mol. The highest BCUT2D eigenvalue weighted by Crippen LogP contribution is 2.33. The maximum Gasteiger partial charge on any atom is 0.416 e. The highest BCUT2D eigenvalue weighted by atomic mass is 35.5. The molecule has 0 radical (unpaired) electrons. The number of nitrogens with one attached hydrogen (secondary N) is 1. The van der Waals surface area contributed by atoms with E-state index in [0.717, 1.165) is 12.1 Å². The minimum atomic E-state index is -4.43. The fraction of sp³-hybridized carbons (Fsp3) is 0.0476. The van der Waals surface area contributed by atoms with Gasteiger partial charge in [-0.2, -0.15) is 13.2 Å². The van der Waals surface area contributed by atoms with Crippen molar-refractivity contribution in [1.29, 1.82) is 0 Å². The predicted molar refractivity (Wildman–Crippen MR) is 110 cm³/mol. The molecule has 0 saturated carbocycles. The number of alkyl halides is 3. The summed E-state index contributed by atoms with van der Waals surface area (Å²) < 4.78 is 39.1. The van der Waals surface area contributed by atoms with Gasteiger partial charge in [0.25, 0.3) is 0 Å². The van der Waals surface area contributed by atoms with Crippen LogP contribution in [0.4, 0.5) is 24.7 Å². The number of rotatable bonds is 3. The summed E-state index contributed by atoms with van der Waals surface area (Å²) in [7, 11) is 0. The Hall–Kier alpha value is -2.83. The maximum absolute atomic E-state index is 13.0. The van der Waals surface area contributed by atoms with Gasteiger partial charge in [-0.15, -0.1) is 0 Å². The molecule has 0 spiro atoms. The molecule has 3 aromatic carbocycles. The van der Waals surface area contributed by atoms with Crippen LogP contribution in [0.25, 0.3) is 22.3 Å². The van der Waals surface area contributed by atoms with Gasteiger partial charge in [0, 0.05) is 16.6 Å². The van der Waals surface area contributed by atoms with Crippen LogP contribution in [-0.2, 0) is 6.18 Å². The molecule has 8 heteroatoms. The Morgan fingerprint density at radius 2 is 1.59 bits per heavy atom. The van der Waals surface area contributed by atoms with Gasteiger partial charge in [0.2, 0.25) is 0 Å². The quantitative estimate of drug-likeness (QED) is 0.366. The number of anilines is 2. The number of nitrogens with zero attached hydrogens (tertiary/aromatic N) is 2. The fourth-order valence-electron chi connectivity index (χ4n) is 2.85. The number of benzene rings is 3. The molecular formula is C21H12Cl2F3N3. The minimum Gasteiger partial charge on any atom is -0.340 e. The van der Waals surface area contributed by atoms with E-state index in [9.17, 15) is 13.2 Å². The first-order chi connectivity index (χ1) is 13.8. The van der Waals surface area contributed by atoms with Crippen molar-refractivity contribution in [1.82, 2.24) is 9.97 Å². The van der Waals surface area contributed by atoms with Gasteiger partial charge in [0.1, 0.15) is 5.82 Å². The van der Waals surface area contributed by atoms with Gasteiger partial charge >= 0.3 is 6.18 Å². The zero-order valence-corrected chi connectivity index (χ0v) is 16.1. The van der Waals surface area contributed by atoms with Crippen molar-refractivity contribution >= 4 is 45.6 Å². The molecule has 0 aliphatic rings. The van der Waals surface area contributed by atoms with Crippen molar-refractivity contribution in [2.75, 3.05) is 5.32 Å². The summed E-state index contributed by atoms with van der Waals surface area (Å²) in [5.41, 5.74) is 0.796. The second-order valence-electron chi connectivity index (χ2n) is 6.25. The van der Waals surface area contributed by atoms with Crippen molar-refractivity contribution in [2.24, 2.45) is 0 Å².